The molecule has 1 amide bonds. The predicted octanol–water partition coefficient (Wildman–Crippen LogP) is 3.69. The Balaban J connectivity index is 1.60. The first-order chi connectivity index (χ1) is 13.4. The number of amides is 1. The van der Waals surface area contributed by atoms with Crippen molar-refractivity contribution in [2.24, 2.45) is 7.05 Å². The summed E-state index contributed by atoms with van der Waals surface area (Å²) < 4.78 is 7.42. The van der Waals surface area contributed by atoms with Gasteiger partial charge in [-0.3, -0.25) is 14.6 Å². The molecule has 1 aromatic carbocycles. The van der Waals surface area contributed by atoms with Crippen LogP contribution in [0.2, 0.25) is 0 Å². The molecule has 1 unspecified atom stereocenters. The van der Waals surface area contributed by atoms with Gasteiger partial charge in [0.2, 0.25) is 0 Å². The summed E-state index contributed by atoms with van der Waals surface area (Å²) in [5.41, 5.74) is 2.94. The van der Waals surface area contributed by atoms with Gasteiger partial charge in [0.05, 0.1) is 6.04 Å². The fraction of sp³-hybridized carbons (Fsp3) is 0.227. The Labute approximate surface area is 164 Å². The highest BCUT2D eigenvalue weighted by molar-refractivity contribution is 5.99. The zero-order chi connectivity index (χ0) is 20.1. The van der Waals surface area contributed by atoms with Gasteiger partial charge in [-0.2, -0.15) is 0 Å². The number of nitrogens with one attached hydrogen (secondary N) is 1. The number of hydrogen-bond acceptors (Lipinski definition) is 4. The second-order valence-corrected chi connectivity index (χ2v) is 6.70. The molecule has 0 fully saturated rings. The maximum Gasteiger partial charge on any atom is 0.268 e. The molecular formula is C22H23N3O3. The van der Waals surface area contributed by atoms with Gasteiger partial charge in [0.15, 0.2) is 5.78 Å². The number of ketones is 1. The van der Waals surface area contributed by atoms with Crippen molar-refractivity contribution in [1.29, 1.82) is 0 Å². The van der Waals surface area contributed by atoms with Crippen LogP contribution in [0.25, 0.3) is 0 Å². The molecule has 3 aromatic rings. The quantitative estimate of drug-likeness (QED) is 0.637. The molecule has 0 saturated carbocycles. The van der Waals surface area contributed by atoms with Crippen molar-refractivity contribution in [2.45, 2.75) is 26.5 Å². The molecule has 1 atom stereocenters. The number of carbonyl (C=O) groups excluding carboxylic acids is 2. The third-order valence-corrected chi connectivity index (χ3v) is 4.50. The van der Waals surface area contributed by atoms with Gasteiger partial charge in [0.25, 0.3) is 5.91 Å². The number of ether oxygens (including phenoxy) is 1. The van der Waals surface area contributed by atoms with Crippen LogP contribution in [0.5, 0.6) is 5.75 Å². The van der Waals surface area contributed by atoms with E-state index in [0.29, 0.717) is 17.9 Å². The van der Waals surface area contributed by atoms with Crippen LogP contribution in [0.3, 0.4) is 0 Å². The molecule has 6 nitrogen and oxygen atoms in total. The largest absolute Gasteiger partial charge is 0.489 e. The maximum absolute atomic E-state index is 12.5. The van der Waals surface area contributed by atoms with Gasteiger partial charge in [-0.15, -0.1) is 0 Å². The molecular weight excluding hydrogens is 354 g/mol. The van der Waals surface area contributed by atoms with Crippen molar-refractivity contribution in [3.63, 3.8) is 0 Å². The standard InChI is InChI=1S/C22H23N3O3/c1-15(24-22(27)21-11-19(16(2)26)13-25(21)3)18-6-8-20(9-7-18)28-14-17-5-4-10-23-12-17/h4-13,15H,14H2,1-3H3,(H,24,27). The first-order valence-corrected chi connectivity index (χ1v) is 9.04. The number of nitrogens with zero attached hydrogens (tertiary/aromatic N) is 2. The lowest BCUT2D eigenvalue weighted by Crippen LogP contribution is -2.28. The van der Waals surface area contributed by atoms with Gasteiger partial charge in [-0.1, -0.05) is 18.2 Å². The van der Waals surface area contributed by atoms with Crippen LogP contribution in [0.4, 0.5) is 0 Å². The molecule has 0 spiro atoms. The van der Waals surface area contributed by atoms with Crippen molar-refractivity contribution in [3.05, 3.63) is 83.4 Å². The fourth-order valence-corrected chi connectivity index (χ4v) is 2.84. The first-order valence-electron chi connectivity index (χ1n) is 9.04. The first kappa shape index (κ1) is 19.4. The summed E-state index contributed by atoms with van der Waals surface area (Å²) in [5.74, 6) is 0.462. The van der Waals surface area contributed by atoms with Gasteiger partial charge in [-0.25, -0.2) is 0 Å². The Morgan fingerprint density at radius 1 is 1.21 bits per heavy atom. The molecule has 1 N–H and O–H groups in total. The van der Waals surface area contributed by atoms with Crippen molar-refractivity contribution in [3.8, 4) is 5.75 Å². The summed E-state index contributed by atoms with van der Waals surface area (Å²) in [6.07, 6.45) is 5.16. The van der Waals surface area contributed by atoms with Gasteiger partial charge >= 0.3 is 0 Å². The molecule has 0 bridgehead atoms. The van der Waals surface area contributed by atoms with Gasteiger partial charge < -0.3 is 14.6 Å². The number of rotatable bonds is 7. The zero-order valence-electron chi connectivity index (χ0n) is 16.2. The van der Waals surface area contributed by atoms with Crippen LogP contribution in [0.15, 0.2) is 61.1 Å². The van der Waals surface area contributed by atoms with Crippen molar-refractivity contribution < 1.29 is 14.3 Å². The molecule has 0 radical (unpaired) electrons. The van der Waals surface area contributed by atoms with E-state index >= 15 is 0 Å². The van der Waals surface area contributed by atoms with E-state index in [1.165, 1.54) is 6.92 Å². The Kier molecular flexibility index (Phi) is 5.89. The third-order valence-electron chi connectivity index (χ3n) is 4.50. The summed E-state index contributed by atoms with van der Waals surface area (Å²) in [5, 5.41) is 2.96. The van der Waals surface area contributed by atoms with Gasteiger partial charge in [0, 0.05) is 36.8 Å². The summed E-state index contributed by atoms with van der Waals surface area (Å²) >= 11 is 0. The maximum atomic E-state index is 12.5. The van der Waals surface area contributed by atoms with E-state index in [9.17, 15) is 9.59 Å². The van der Waals surface area contributed by atoms with E-state index in [-0.39, 0.29) is 17.7 Å². The van der Waals surface area contributed by atoms with E-state index in [2.05, 4.69) is 10.3 Å². The zero-order valence-corrected chi connectivity index (χ0v) is 16.2. The molecule has 0 aliphatic heterocycles. The smallest absolute Gasteiger partial charge is 0.268 e. The van der Waals surface area contributed by atoms with E-state index in [4.69, 9.17) is 4.74 Å². The highest BCUT2D eigenvalue weighted by Crippen LogP contribution is 2.19. The van der Waals surface area contributed by atoms with E-state index in [1.807, 2.05) is 43.3 Å². The van der Waals surface area contributed by atoms with Crippen molar-refractivity contribution >= 4 is 11.7 Å². The molecule has 0 saturated heterocycles. The third kappa shape index (κ3) is 4.65. The molecule has 2 aromatic heterocycles. The normalized spacial score (nSPS) is 11.7. The lowest BCUT2D eigenvalue weighted by Gasteiger charge is -2.15. The molecule has 3 rings (SSSR count). The number of carbonyl (C=O) groups is 2. The molecule has 0 aliphatic rings. The van der Waals surface area contributed by atoms with Crippen LogP contribution in [0, 0.1) is 0 Å². The SMILES string of the molecule is CC(=O)c1cc(C(=O)NC(C)c2ccc(OCc3cccnc3)cc2)n(C)c1. The molecule has 0 aliphatic carbocycles. The predicted molar refractivity (Wildman–Crippen MR) is 106 cm³/mol. The highest BCUT2D eigenvalue weighted by atomic mass is 16.5. The van der Waals surface area contributed by atoms with E-state index in [0.717, 1.165) is 16.9 Å². The lowest BCUT2D eigenvalue weighted by molar-refractivity contribution is 0.0931. The Hall–Kier alpha value is -3.41. The second-order valence-electron chi connectivity index (χ2n) is 6.70. The van der Waals surface area contributed by atoms with Crippen LogP contribution < -0.4 is 10.1 Å². The molecule has 144 valence electrons. The number of Topliss-reactive ketones (excluding diaryl/α,β-unsaturated/α-hetero) is 1. The van der Waals surface area contributed by atoms with E-state index in [1.54, 1.807) is 36.3 Å². The van der Waals surface area contributed by atoms with Crippen molar-refractivity contribution in [2.75, 3.05) is 0 Å². The van der Waals surface area contributed by atoms with Crippen LogP contribution >= 0.6 is 0 Å². The minimum atomic E-state index is -0.223. The Bertz CT molecular complexity index is 962. The molecule has 6 heteroatoms. The Morgan fingerprint density at radius 2 is 1.96 bits per heavy atom. The number of aromatic nitrogens is 2. The number of benzene rings is 1. The molecule has 2 heterocycles. The lowest BCUT2D eigenvalue weighted by atomic mass is 10.1. The summed E-state index contributed by atoms with van der Waals surface area (Å²) in [7, 11) is 1.75. The average molecular weight is 377 g/mol. The summed E-state index contributed by atoms with van der Waals surface area (Å²) in [6, 6.07) is 12.9. The van der Waals surface area contributed by atoms with Crippen LogP contribution in [-0.2, 0) is 13.7 Å². The van der Waals surface area contributed by atoms with Crippen molar-refractivity contribution in [1.82, 2.24) is 14.9 Å². The van der Waals surface area contributed by atoms with Crippen LogP contribution in [-0.4, -0.2) is 21.2 Å². The van der Waals surface area contributed by atoms with E-state index < -0.39 is 0 Å². The summed E-state index contributed by atoms with van der Waals surface area (Å²) in [4.78, 5) is 28.1. The molecule has 28 heavy (non-hydrogen) atoms. The van der Waals surface area contributed by atoms with Crippen LogP contribution in [0.1, 0.15) is 51.9 Å². The number of hydrogen-bond donors (Lipinski definition) is 1. The average Bonchev–Trinajstić information content (AvgIpc) is 3.10. The fourth-order valence-electron chi connectivity index (χ4n) is 2.84. The highest BCUT2D eigenvalue weighted by Gasteiger charge is 2.16. The van der Waals surface area contributed by atoms with Gasteiger partial charge in [0.1, 0.15) is 18.1 Å². The summed E-state index contributed by atoms with van der Waals surface area (Å²) in [6.45, 7) is 3.85. The Morgan fingerprint density at radius 3 is 2.57 bits per heavy atom. The monoisotopic (exact) mass is 377 g/mol. The minimum absolute atomic E-state index is 0.0652. The number of pyridine rings is 1. The number of aryl methyl sites for hydroxylation is 1. The second kappa shape index (κ2) is 8.52. The topological polar surface area (TPSA) is 73.2 Å². The van der Waals surface area contributed by atoms with Gasteiger partial charge in [-0.05, 0) is 43.7 Å². The minimum Gasteiger partial charge on any atom is -0.489 e.